The van der Waals surface area contributed by atoms with Gasteiger partial charge in [-0.15, -0.1) is 0 Å². The number of anilines is 1. The molecule has 0 heterocycles. The van der Waals surface area contributed by atoms with Gasteiger partial charge in [0.25, 0.3) is 0 Å². The summed E-state index contributed by atoms with van der Waals surface area (Å²) in [5, 5.41) is 20.1. The third-order valence-electron chi connectivity index (χ3n) is 3.34. The minimum atomic E-state index is -1.18. The van der Waals surface area contributed by atoms with E-state index in [1.54, 1.807) is 20.8 Å². The zero-order valence-corrected chi connectivity index (χ0v) is 10.4. The van der Waals surface area contributed by atoms with Crippen LogP contribution in [0.5, 0.6) is 0 Å². The van der Waals surface area contributed by atoms with E-state index in [1.165, 1.54) is 0 Å². The highest BCUT2D eigenvalue weighted by atomic mass is 16.3. The predicted octanol–water partition coefficient (Wildman–Crippen LogP) is 1.64. The monoisotopic (exact) mass is 223 g/mol. The Hall–Kier alpha value is -1.06. The van der Waals surface area contributed by atoms with Crippen LogP contribution in [0, 0.1) is 6.92 Å². The molecule has 0 aromatic heterocycles. The molecule has 1 unspecified atom stereocenters. The second kappa shape index (κ2) is 4.07. The lowest BCUT2D eigenvalue weighted by Gasteiger charge is -2.36. The first kappa shape index (κ1) is 13.0. The average Bonchev–Trinajstić information content (AvgIpc) is 2.11. The summed E-state index contributed by atoms with van der Waals surface area (Å²) in [4.78, 5) is 0. The second-order valence-electron chi connectivity index (χ2n) is 5.14. The maximum atomic E-state index is 10.2. The van der Waals surface area contributed by atoms with E-state index in [1.807, 2.05) is 25.1 Å². The Labute approximate surface area is 96.9 Å². The molecule has 0 fully saturated rings. The van der Waals surface area contributed by atoms with E-state index < -0.39 is 11.2 Å². The van der Waals surface area contributed by atoms with Crippen molar-refractivity contribution in [2.75, 3.05) is 5.73 Å². The van der Waals surface area contributed by atoms with E-state index in [2.05, 4.69) is 0 Å². The summed E-state index contributed by atoms with van der Waals surface area (Å²) in [6, 6.07) is 5.61. The van der Waals surface area contributed by atoms with Gasteiger partial charge in [-0.3, -0.25) is 0 Å². The minimum Gasteiger partial charge on any atom is -0.399 e. The maximum absolute atomic E-state index is 10.2. The first-order valence-corrected chi connectivity index (χ1v) is 5.44. The Morgan fingerprint density at radius 1 is 1.19 bits per heavy atom. The number of aliphatic hydroxyl groups is 2. The molecule has 1 aromatic carbocycles. The highest BCUT2D eigenvalue weighted by molar-refractivity contribution is 5.50. The third kappa shape index (κ3) is 2.54. The van der Waals surface area contributed by atoms with Gasteiger partial charge < -0.3 is 15.9 Å². The van der Waals surface area contributed by atoms with Gasteiger partial charge in [0.1, 0.15) is 0 Å². The Bertz CT molecular complexity index is 378. The number of benzene rings is 1. The first-order chi connectivity index (χ1) is 7.15. The van der Waals surface area contributed by atoms with Gasteiger partial charge in [0.15, 0.2) is 0 Å². The van der Waals surface area contributed by atoms with E-state index in [0.717, 1.165) is 11.1 Å². The molecule has 0 radical (unpaired) electrons. The van der Waals surface area contributed by atoms with E-state index in [-0.39, 0.29) is 0 Å². The molecule has 0 aliphatic rings. The summed E-state index contributed by atoms with van der Waals surface area (Å²) in [6.07, 6.45) is 0.382. The largest absolute Gasteiger partial charge is 0.399 e. The molecule has 3 nitrogen and oxygen atoms in total. The number of rotatable bonds is 3. The van der Waals surface area contributed by atoms with Gasteiger partial charge in [0.05, 0.1) is 11.2 Å². The minimum absolute atomic E-state index is 0.382. The fourth-order valence-corrected chi connectivity index (χ4v) is 1.48. The average molecular weight is 223 g/mol. The topological polar surface area (TPSA) is 66.5 Å². The molecule has 0 saturated heterocycles. The first-order valence-electron chi connectivity index (χ1n) is 5.44. The van der Waals surface area contributed by atoms with Gasteiger partial charge in [-0.05, 0) is 44.9 Å². The van der Waals surface area contributed by atoms with Gasteiger partial charge in [0.2, 0.25) is 0 Å². The molecule has 0 aliphatic heterocycles. The van der Waals surface area contributed by atoms with Gasteiger partial charge in [-0.1, -0.05) is 12.1 Å². The van der Waals surface area contributed by atoms with Crippen LogP contribution >= 0.6 is 0 Å². The van der Waals surface area contributed by atoms with E-state index in [4.69, 9.17) is 5.73 Å². The fraction of sp³-hybridized carbons (Fsp3) is 0.538. The molecular formula is C13H21NO2. The molecular weight excluding hydrogens is 202 g/mol. The molecule has 0 saturated carbocycles. The predicted molar refractivity (Wildman–Crippen MR) is 66.2 cm³/mol. The maximum Gasteiger partial charge on any atom is 0.0940 e. The van der Waals surface area contributed by atoms with Crippen LogP contribution < -0.4 is 5.73 Å². The summed E-state index contributed by atoms with van der Waals surface area (Å²) < 4.78 is 0. The van der Waals surface area contributed by atoms with Crippen LogP contribution in [-0.2, 0) is 6.42 Å². The van der Waals surface area contributed by atoms with Crippen molar-refractivity contribution in [2.45, 2.75) is 45.3 Å². The Morgan fingerprint density at radius 3 is 2.25 bits per heavy atom. The molecule has 4 N–H and O–H groups in total. The third-order valence-corrected chi connectivity index (χ3v) is 3.34. The van der Waals surface area contributed by atoms with Gasteiger partial charge >= 0.3 is 0 Å². The molecule has 1 aromatic rings. The van der Waals surface area contributed by atoms with Crippen LogP contribution in [0.25, 0.3) is 0 Å². The number of hydrogen-bond donors (Lipinski definition) is 3. The summed E-state index contributed by atoms with van der Waals surface area (Å²) >= 11 is 0. The second-order valence-corrected chi connectivity index (χ2v) is 5.14. The zero-order valence-electron chi connectivity index (χ0n) is 10.4. The van der Waals surface area contributed by atoms with Crippen LogP contribution in [-0.4, -0.2) is 21.4 Å². The van der Waals surface area contributed by atoms with Crippen molar-refractivity contribution in [1.82, 2.24) is 0 Å². The van der Waals surface area contributed by atoms with Crippen molar-refractivity contribution < 1.29 is 10.2 Å². The molecule has 90 valence electrons. The molecule has 0 amide bonds. The lowest BCUT2D eigenvalue weighted by molar-refractivity contribution is -0.118. The van der Waals surface area contributed by atoms with Crippen molar-refractivity contribution >= 4 is 5.69 Å². The molecule has 0 spiro atoms. The summed E-state index contributed by atoms with van der Waals surface area (Å²) in [5.41, 5.74) is 6.12. The summed E-state index contributed by atoms with van der Waals surface area (Å²) in [6.45, 7) is 6.77. The lowest BCUT2D eigenvalue weighted by Crippen LogP contribution is -2.49. The highest BCUT2D eigenvalue weighted by Crippen LogP contribution is 2.28. The van der Waals surface area contributed by atoms with Crippen molar-refractivity contribution in [1.29, 1.82) is 0 Å². The van der Waals surface area contributed by atoms with Crippen LogP contribution in [0.15, 0.2) is 18.2 Å². The van der Waals surface area contributed by atoms with Gasteiger partial charge in [0, 0.05) is 12.1 Å². The fourth-order valence-electron chi connectivity index (χ4n) is 1.48. The van der Waals surface area contributed by atoms with Crippen LogP contribution in [0.2, 0.25) is 0 Å². The van der Waals surface area contributed by atoms with Crippen molar-refractivity contribution in [3.05, 3.63) is 29.3 Å². The van der Waals surface area contributed by atoms with E-state index in [9.17, 15) is 10.2 Å². The summed E-state index contributed by atoms with van der Waals surface area (Å²) in [5.74, 6) is 0. The number of nitrogens with two attached hydrogens (primary N) is 1. The molecule has 1 atom stereocenters. The van der Waals surface area contributed by atoms with Crippen molar-refractivity contribution in [3.8, 4) is 0 Å². The molecule has 0 aliphatic carbocycles. The molecule has 1 rings (SSSR count). The highest BCUT2D eigenvalue weighted by Gasteiger charge is 2.37. The van der Waals surface area contributed by atoms with Gasteiger partial charge in [-0.25, -0.2) is 0 Å². The molecule has 0 bridgehead atoms. The SMILES string of the molecule is Cc1c(N)cccc1CC(C)(O)C(C)(C)O. The van der Waals surface area contributed by atoms with Crippen LogP contribution in [0.3, 0.4) is 0 Å². The van der Waals surface area contributed by atoms with Crippen LogP contribution in [0.1, 0.15) is 31.9 Å². The standard InChI is InChI=1S/C13H21NO2/c1-9-10(6-5-7-11(9)14)8-13(4,16)12(2,3)15/h5-7,15-16H,8,14H2,1-4H3. The smallest absolute Gasteiger partial charge is 0.0940 e. The Balaban J connectivity index is 3.02. The van der Waals surface area contributed by atoms with Gasteiger partial charge in [-0.2, -0.15) is 0 Å². The van der Waals surface area contributed by atoms with Crippen molar-refractivity contribution in [2.24, 2.45) is 0 Å². The van der Waals surface area contributed by atoms with Crippen LogP contribution in [0.4, 0.5) is 5.69 Å². The zero-order chi connectivity index (χ0) is 12.6. The van der Waals surface area contributed by atoms with Crippen molar-refractivity contribution in [3.63, 3.8) is 0 Å². The Morgan fingerprint density at radius 2 is 1.75 bits per heavy atom. The number of hydrogen-bond acceptors (Lipinski definition) is 3. The lowest BCUT2D eigenvalue weighted by atomic mass is 9.81. The van der Waals surface area contributed by atoms with E-state index >= 15 is 0 Å². The Kier molecular flexibility index (Phi) is 3.31. The van der Waals surface area contributed by atoms with E-state index in [0.29, 0.717) is 12.1 Å². The quantitative estimate of drug-likeness (QED) is 0.682. The summed E-state index contributed by atoms with van der Waals surface area (Å²) in [7, 11) is 0. The molecule has 16 heavy (non-hydrogen) atoms. The number of nitrogen functional groups attached to an aromatic ring is 1. The normalized spacial score (nSPS) is 15.9. The molecule has 3 heteroatoms.